The molecule has 0 aromatic heterocycles. The molecule has 0 N–H and O–H groups in total. The first-order valence-electron chi connectivity index (χ1n) is 17.5. The minimum Gasteiger partial charge on any atom is -0.457 e. The average molecular weight is 739 g/mol. The molecule has 52 heavy (non-hydrogen) atoms. The van der Waals surface area contributed by atoms with Crippen LogP contribution >= 0.6 is 47.0 Å². The first kappa shape index (κ1) is 31.2. The van der Waals surface area contributed by atoms with Crippen molar-refractivity contribution in [2.75, 3.05) is 0 Å². The molecule has 7 aromatic rings. The van der Waals surface area contributed by atoms with E-state index in [9.17, 15) is 0 Å². The number of benzene rings is 7. The van der Waals surface area contributed by atoms with Crippen LogP contribution in [0.4, 0.5) is 0 Å². The van der Waals surface area contributed by atoms with Gasteiger partial charge in [-0.25, -0.2) is 0 Å². The Bertz CT molecular complexity index is 2480. The van der Waals surface area contributed by atoms with Crippen molar-refractivity contribution in [3.63, 3.8) is 0 Å². The summed E-state index contributed by atoms with van der Waals surface area (Å²) >= 11 is 7.52. The monoisotopic (exact) mass is 738 g/mol. The Balaban J connectivity index is 1.08. The van der Waals surface area contributed by atoms with Crippen molar-refractivity contribution in [1.82, 2.24) is 0 Å². The van der Waals surface area contributed by atoms with Gasteiger partial charge in [-0.05, 0) is 90.5 Å². The largest absolute Gasteiger partial charge is 0.457 e. The van der Waals surface area contributed by atoms with Crippen LogP contribution in [0.2, 0.25) is 0 Å². The lowest BCUT2D eigenvalue weighted by Gasteiger charge is -2.37. The summed E-state index contributed by atoms with van der Waals surface area (Å²) in [5.41, 5.74) is 10.6. The molecule has 246 valence electrons. The van der Waals surface area contributed by atoms with Crippen molar-refractivity contribution in [3.8, 4) is 23.0 Å². The van der Waals surface area contributed by atoms with Gasteiger partial charge in [0.25, 0.3) is 0 Å². The molecule has 0 fully saturated rings. The summed E-state index contributed by atoms with van der Waals surface area (Å²) in [5, 5.41) is 0. The average Bonchev–Trinajstić information content (AvgIpc) is 3.15. The number of hydrogen-bond donors (Lipinski definition) is 0. The Morgan fingerprint density at radius 1 is 0.365 bits per heavy atom. The van der Waals surface area contributed by atoms with Crippen molar-refractivity contribution in [2.24, 2.45) is 0 Å². The molecule has 0 aliphatic carbocycles. The fourth-order valence-electron chi connectivity index (χ4n) is 8.05. The minimum absolute atomic E-state index is 0.153. The number of rotatable bonds is 4. The summed E-state index contributed by atoms with van der Waals surface area (Å²) in [6.45, 7) is 4.51. The van der Waals surface area contributed by atoms with Crippen molar-refractivity contribution >= 4 is 93.2 Å². The van der Waals surface area contributed by atoms with E-state index in [1.807, 2.05) is 59.2 Å². The molecule has 8 heteroatoms. The van der Waals surface area contributed by atoms with E-state index in [0.717, 1.165) is 34.1 Å². The van der Waals surface area contributed by atoms with E-state index < -0.39 is 0 Å². The third-order valence-corrected chi connectivity index (χ3v) is 15.0. The molecule has 2 nitrogen and oxygen atoms in total. The lowest BCUT2D eigenvalue weighted by Crippen LogP contribution is -2.62. The maximum atomic E-state index is 6.58. The van der Waals surface area contributed by atoms with Gasteiger partial charge in [0.1, 0.15) is 23.0 Å². The SMILES string of the molecule is Cc1ccccc1Oc1cc2c3c(c1)Sc1cc4c(cc1B3c1ccccc1S2)B1c2ccccc2Sc2cc(Oc3ccccc3C)cc(c21)S4. The second kappa shape index (κ2) is 12.1. The zero-order valence-corrected chi connectivity index (χ0v) is 31.6. The maximum Gasteiger partial charge on any atom is 0.247 e. The van der Waals surface area contributed by atoms with E-state index in [4.69, 9.17) is 9.47 Å². The molecule has 0 spiro atoms. The predicted octanol–water partition coefficient (Wildman–Crippen LogP) is 8.78. The number of ether oxygens (including phenoxy) is 2. The Kier molecular flexibility index (Phi) is 7.27. The molecule has 0 radical (unpaired) electrons. The first-order chi connectivity index (χ1) is 25.6. The molecule has 0 amide bonds. The zero-order chi connectivity index (χ0) is 34.5. The highest BCUT2D eigenvalue weighted by Crippen LogP contribution is 2.45. The van der Waals surface area contributed by atoms with Gasteiger partial charge in [0.05, 0.1) is 0 Å². The quantitative estimate of drug-likeness (QED) is 0.167. The van der Waals surface area contributed by atoms with Gasteiger partial charge in [-0.1, -0.05) is 148 Å². The van der Waals surface area contributed by atoms with E-state index in [0.29, 0.717) is 0 Å². The Hall–Kier alpha value is -4.33. The van der Waals surface area contributed by atoms with Crippen molar-refractivity contribution in [2.45, 2.75) is 53.0 Å². The fourth-order valence-corrected chi connectivity index (χ4v) is 13.1. The Morgan fingerprint density at radius 2 is 0.750 bits per heavy atom. The molecule has 4 aliphatic rings. The van der Waals surface area contributed by atoms with Gasteiger partial charge in [-0.15, -0.1) is 0 Å². The Labute approximate surface area is 321 Å². The zero-order valence-electron chi connectivity index (χ0n) is 28.3. The van der Waals surface area contributed by atoms with E-state index in [-0.39, 0.29) is 13.4 Å². The summed E-state index contributed by atoms with van der Waals surface area (Å²) in [7, 11) is 0. The summed E-state index contributed by atoms with van der Waals surface area (Å²) < 4.78 is 13.2. The van der Waals surface area contributed by atoms with Gasteiger partial charge in [0.15, 0.2) is 0 Å². The molecular formula is C44H28B2O2S4. The van der Waals surface area contributed by atoms with Crippen LogP contribution in [-0.4, -0.2) is 13.4 Å². The van der Waals surface area contributed by atoms with Gasteiger partial charge >= 0.3 is 0 Å². The van der Waals surface area contributed by atoms with Crippen LogP contribution in [0.25, 0.3) is 0 Å². The highest BCUT2D eigenvalue weighted by atomic mass is 32.2. The number of fused-ring (bicyclic) bond motifs is 8. The summed E-state index contributed by atoms with van der Waals surface area (Å²) in [6.07, 6.45) is 0. The standard InChI is InChI=1S/C44H28B2O2S4/c1-25-11-3-7-15-33(25)47-27-19-39-43-41(21-27)51-37-24-38-32(23-31(37)45(43)29-13-5-9-17-35(29)49-39)46-30-14-6-10-18-36(30)50-40-20-28(22-42(52-38)44(40)46)48-34-16-8-4-12-26(34)2/h3-24H,1-2H3. The van der Waals surface area contributed by atoms with Gasteiger partial charge in [-0.2, -0.15) is 0 Å². The maximum absolute atomic E-state index is 6.58. The molecule has 4 heterocycles. The van der Waals surface area contributed by atoms with Crippen LogP contribution in [-0.2, 0) is 0 Å². The summed E-state index contributed by atoms with van der Waals surface area (Å²) in [5.74, 6) is 3.56. The number of aryl methyl sites for hydroxylation is 2. The van der Waals surface area contributed by atoms with Gasteiger partial charge in [0, 0.05) is 39.2 Å². The molecule has 0 unspecified atom stereocenters. The predicted molar refractivity (Wildman–Crippen MR) is 221 cm³/mol. The lowest BCUT2D eigenvalue weighted by atomic mass is 9.33. The topological polar surface area (TPSA) is 18.5 Å². The smallest absolute Gasteiger partial charge is 0.247 e. The van der Waals surface area contributed by atoms with Crippen LogP contribution in [0.15, 0.2) is 173 Å². The molecule has 0 saturated heterocycles. The van der Waals surface area contributed by atoms with Crippen molar-refractivity contribution in [3.05, 3.63) is 145 Å². The van der Waals surface area contributed by atoms with Gasteiger partial charge in [-0.3, -0.25) is 0 Å². The molecule has 4 aliphatic heterocycles. The third kappa shape index (κ3) is 4.95. The molecule has 0 atom stereocenters. The molecule has 0 saturated carbocycles. The van der Waals surface area contributed by atoms with Gasteiger partial charge in [0.2, 0.25) is 13.4 Å². The lowest BCUT2D eigenvalue weighted by molar-refractivity contribution is 0.476. The third-order valence-electron chi connectivity index (χ3n) is 10.5. The highest BCUT2D eigenvalue weighted by molar-refractivity contribution is 8.02. The van der Waals surface area contributed by atoms with Crippen molar-refractivity contribution in [1.29, 1.82) is 0 Å². The van der Waals surface area contributed by atoms with Gasteiger partial charge < -0.3 is 9.47 Å². The molecule has 11 rings (SSSR count). The minimum atomic E-state index is 0.153. The molecule has 7 aromatic carbocycles. The normalized spacial score (nSPS) is 14.0. The van der Waals surface area contributed by atoms with E-state index in [2.05, 4.69) is 135 Å². The first-order valence-corrected chi connectivity index (χ1v) is 20.7. The van der Waals surface area contributed by atoms with Crippen LogP contribution in [0.1, 0.15) is 11.1 Å². The second-order valence-corrected chi connectivity index (χ2v) is 18.0. The molecule has 0 bridgehead atoms. The summed E-state index contributed by atoms with van der Waals surface area (Å²) in [4.78, 5) is 10.4. The van der Waals surface area contributed by atoms with Crippen LogP contribution in [0.3, 0.4) is 0 Å². The summed E-state index contributed by atoms with van der Waals surface area (Å²) in [6, 6.07) is 48.6. The fraction of sp³-hybridized carbons (Fsp3) is 0.0455. The number of hydrogen-bond acceptors (Lipinski definition) is 6. The van der Waals surface area contributed by atoms with Crippen LogP contribution in [0, 0.1) is 13.8 Å². The van der Waals surface area contributed by atoms with E-state index in [1.165, 1.54) is 71.9 Å². The van der Waals surface area contributed by atoms with Crippen LogP contribution in [0.5, 0.6) is 23.0 Å². The van der Waals surface area contributed by atoms with E-state index in [1.54, 1.807) is 0 Å². The molecular weight excluding hydrogens is 710 g/mol. The Morgan fingerprint density at radius 3 is 1.19 bits per heavy atom. The highest BCUT2D eigenvalue weighted by Gasteiger charge is 2.43. The van der Waals surface area contributed by atoms with E-state index >= 15 is 0 Å². The van der Waals surface area contributed by atoms with Crippen LogP contribution < -0.4 is 42.3 Å². The van der Waals surface area contributed by atoms with Crippen molar-refractivity contribution < 1.29 is 9.47 Å². The number of para-hydroxylation sites is 2. The second-order valence-electron chi connectivity index (χ2n) is 13.7.